The predicted octanol–water partition coefficient (Wildman–Crippen LogP) is 2.60. The molecule has 2 N–H and O–H groups in total. The summed E-state index contributed by atoms with van der Waals surface area (Å²) in [6.45, 7) is 2.09. The first-order valence-electron chi connectivity index (χ1n) is 5.80. The van der Waals surface area contributed by atoms with E-state index in [1.807, 2.05) is 12.1 Å². The number of fused-ring (bicyclic) bond motifs is 2. The van der Waals surface area contributed by atoms with E-state index in [9.17, 15) is 4.79 Å². The molecule has 0 fully saturated rings. The highest BCUT2D eigenvalue weighted by Crippen LogP contribution is 2.34. The number of hydrogen-bond donors (Lipinski definition) is 1. The molecule has 96 valence electrons. The molecular formula is C13H11N3O2S. The van der Waals surface area contributed by atoms with Crippen LogP contribution in [0.1, 0.15) is 16.6 Å². The smallest absolute Gasteiger partial charge is 0.350 e. The molecule has 0 atom stereocenters. The van der Waals surface area contributed by atoms with Gasteiger partial charge in [-0.2, -0.15) is 0 Å². The maximum absolute atomic E-state index is 11.8. The number of thiophene rings is 1. The molecule has 0 aliphatic carbocycles. The number of ether oxygens (including phenoxy) is 1. The summed E-state index contributed by atoms with van der Waals surface area (Å²) in [6.07, 6.45) is 3.41. The van der Waals surface area contributed by atoms with Crippen LogP contribution in [0.5, 0.6) is 0 Å². The van der Waals surface area contributed by atoms with Gasteiger partial charge in [-0.1, -0.05) is 0 Å². The van der Waals surface area contributed by atoms with Gasteiger partial charge in [-0.15, -0.1) is 11.3 Å². The van der Waals surface area contributed by atoms with Crippen LogP contribution in [0.3, 0.4) is 0 Å². The second-order valence-electron chi connectivity index (χ2n) is 3.97. The van der Waals surface area contributed by atoms with Crippen molar-refractivity contribution in [1.82, 2.24) is 9.97 Å². The van der Waals surface area contributed by atoms with Crippen LogP contribution in [0, 0.1) is 0 Å². The minimum Gasteiger partial charge on any atom is -0.462 e. The molecule has 0 aliphatic rings. The van der Waals surface area contributed by atoms with Crippen molar-refractivity contribution in [3.8, 4) is 0 Å². The van der Waals surface area contributed by atoms with E-state index in [1.54, 1.807) is 19.3 Å². The third kappa shape index (κ3) is 1.90. The van der Waals surface area contributed by atoms with Crippen LogP contribution in [-0.2, 0) is 4.74 Å². The minimum absolute atomic E-state index is 0.325. The van der Waals surface area contributed by atoms with Crippen molar-refractivity contribution in [1.29, 1.82) is 0 Å². The molecular weight excluding hydrogens is 262 g/mol. The third-order valence-corrected chi connectivity index (χ3v) is 3.87. The van der Waals surface area contributed by atoms with Gasteiger partial charge in [0, 0.05) is 23.2 Å². The molecule has 6 heteroatoms. The molecule has 19 heavy (non-hydrogen) atoms. The summed E-state index contributed by atoms with van der Waals surface area (Å²) in [5, 5.41) is 1.67. The van der Waals surface area contributed by atoms with E-state index in [-0.39, 0.29) is 0 Å². The number of anilines is 1. The van der Waals surface area contributed by atoms with Crippen molar-refractivity contribution in [3.63, 3.8) is 0 Å². The van der Waals surface area contributed by atoms with E-state index in [0.717, 1.165) is 21.1 Å². The van der Waals surface area contributed by atoms with Gasteiger partial charge in [0.1, 0.15) is 9.71 Å². The lowest BCUT2D eigenvalue weighted by atomic mass is 10.2. The first-order valence-corrected chi connectivity index (χ1v) is 6.62. The average Bonchev–Trinajstić information content (AvgIpc) is 2.74. The molecule has 0 radical (unpaired) electrons. The maximum atomic E-state index is 11.8. The number of aromatic nitrogens is 2. The number of carbonyl (C=O) groups excluding carboxylic acids is 1. The Bertz CT molecular complexity index is 782. The van der Waals surface area contributed by atoms with Gasteiger partial charge in [0.05, 0.1) is 17.8 Å². The highest BCUT2D eigenvalue weighted by molar-refractivity contribution is 7.21. The number of pyridine rings is 2. The highest BCUT2D eigenvalue weighted by atomic mass is 32.1. The average molecular weight is 273 g/mol. The maximum Gasteiger partial charge on any atom is 0.350 e. The Morgan fingerprint density at radius 3 is 3.16 bits per heavy atom. The van der Waals surface area contributed by atoms with Gasteiger partial charge in [0.25, 0.3) is 0 Å². The highest BCUT2D eigenvalue weighted by Gasteiger charge is 2.18. The molecule has 0 bridgehead atoms. The van der Waals surface area contributed by atoms with Crippen LogP contribution in [0.2, 0.25) is 0 Å². The molecule has 0 aromatic carbocycles. The van der Waals surface area contributed by atoms with Crippen molar-refractivity contribution < 1.29 is 9.53 Å². The Kier molecular flexibility index (Phi) is 2.79. The van der Waals surface area contributed by atoms with Crippen molar-refractivity contribution in [2.75, 3.05) is 12.3 Å². The van der Waals surface area contributed by atoms with Crippen LogP contribution in [0.15, 0.2) is 24.5 Å². The van der Waals surface area contributed by atoms with Crippen LogP contribution in [0.4, 0.5) is 5.69 Å². The summed E-state index contributed by atoms with van der Waals surface area (Å²) in [6, 6.07) is 3.73. The summed E-state index contributed by atoms with van der Waals surface area (Å²) in [5.74, 6) is -0.398. The second kappa shape index (κ2) is 4.47. The van der Waals surface area contributed by atoms with Crippen LogP contribution >= 0.6 is 11.3 Å². The van der Waals surface area contributed by atoms with Crippen LogP contribution < -0.4 is 5.73 Å². The Labute approximate surface area is 113 Å². The van der Waals surface area contributed by atoms with Gasteiger partial charge in [-0.3, -0.25) is 4.98 Å². The zero-order valence-electron chi connectivity index (χ0n) is 10.2. The number of nitrogens with two attached hydrogens (primary N) is 1. The number of esters is 1. The first-order chi connectivity index (χ1) is 9.20. The van der Waals surface area contributed by atoms with Crippen LogP contribution in [0.25, 0.3) is 21.1 Å². The molecule has 0 saturated heterocycles. The van der Waals surface area contributed by atoms with Crippen molar-refractivity contribution in [2.24, 2.45) is 0 Å². The summed E-state index contributed by atoms with van der Waals surface area (Å²) in [4.78, 5) is 21.5. The van der Waals surface area contributed by atoms with Gasteiger partial charge < -0.3 is 10.5 Å². The molecule has 0 unspecified atom stereocenters. The largest absolute Gasteiger partial charge is 0.462 e. The molecule has 5 nitrogen and oxygen atoms in total. The Morgan fingerprint density at radius 1 is 1.53 bits per heavy atom. The molecule has 3 heterocycles. The van der Waals surface area contributed by atoms with Gasteiger partial charge in [0.15, 0.2) is 0 Å². The molecule has 0 aliphatic heterocycles. The monoisotopic (exact) mass is 273 g/mol. The fraction of sp³-hybridized carbons (Fsp3) is 0.154. The van der Waals surface area contributed by atoms with Gasteiger partial charge >= 0.3 is 5.97 Å². The van der Waals surface area contributed by atoms with E-state index >= 15 is 0 Å². The van der Waals surface area contributed by atoms with E-state index in [2.05, 4.69) is 9.97 Å². The van der Waals surface area contributed by atoms with E-state index in [4.69, 9.17) is 10.5 Å². The molecule has 0 spiro atoms. The lowest BCUT2D eigenvalue weighted by Crippen LogP contribution is -2.04. The normalized spacial score (nSPS) is 11.0. The van der Waals surface area contributed by atoms with Crippen LogP contribution in [-0.4, -0.2) is 22.5 Å². The van der Waals surface area contributed by atoms with Crippen molar-refractivity contribution in [2.45, 2.75) is 6.92 Å². The predicted molar refractivity (Wildman–Crippen MR) is 75.3 cm³/mol. The third-order valence-electron chi connectivity index (χ3n) is 2.77. The van der Waals surface area contributed by atoms with E-state index in [1.165, 1.54) is 11.3 Å². The minimum atomic E-state index is -0.398. The molecule has 3 aromatic heterocycles. The number of hydrogen-bond acceptors (Lipinski definition) is 6. The van der Waals surface area contributed by atoms with Crippen molar-refractivity contribution in [3.05, 3.63) is 29.4 Å². The topological polar surface area (TPSA) is 78.1 Å². The number of nitrogens with zero attached hydrogens (tertiary/aromatic N) is 2. The van der Waals surface area contributed by atoms with E-state index in [0.29, 0.717) is 17.2 Å². The summed E-state index contributed by atoms with van der Waals surface area (Å²) in [7, 11) is 0. The molecule has 3 aromatic rings. The van der Waals surface area contributed by atoms with Gasteiger partial charge in [0.2, 0.25) is 0 Å². The van der Waals surface area contributed by atoms with Gasteiger partial charge in [-0.25, -0.2) is 9.78 Å². The quantitative estimate of drug-likeness (QED) is 0.726. The van der Waals surface area contributed by atoms with Crippen molar-refractivity contribution >= 4 is 44.1 Å². The standard InChI is InChI=1S/C13H11N3O2S/c1-2-18-13(17)11-10(14)8-5-7-6-15-4-3-9(7)16-12(8)19-11/h3-6H,2,14H2,1H3. The second-order valence-corrected chi connectivity index (χ2v) is 4.97. The molecule has 0 amide bonds. The zero-order chi connectivity index (χ0) is 13.4. The molecule has 3 rings (SSSR count). The molecule has 0 saturated carbocycles. The Hall–Kier alpha value is -2.21. The Morgan fingerprint density at radius 2 is 2.37 bits per heavy atom. The first kappa shape index (κ1) is 11.9. The number of carbonyl (C=O) groups is 1. The lowest BCUT2D eigenvalue weighted by Gasteiger charge is -1.99. The summed E-state index contributed by atoms with van der Waals surface area (Å²) in [5.41, 5.74) is 7.27. The van der Waals surface area contributed by atoms with E-state index < -0.39 is 5.97 Å². The Balaban J connectivity index is 2.25. The van der Waals surface area contributed by atoms with Gasteiger partial charge in [-0.05, 0) is 19.1 Å². The fourth-order valence-corrected chi connectivity index (χ4v) is 2.87. The zero-order valence-corrected chi connectivity index (χ0v) is 11.0. The summed E-state index contributed by atoms with van der Waals surface area (Å²) >= 11 is 1.26. The fourth-order valence-electron chi connectivity index (χ4n) is 1.89. The number of rotatable bonds is 2. The summed E-state index contributed by atoms with van der Waals surface area (Å²) < 4.78 is 4.99. The SMILES string of the molecule is CCOC(=O)c1sc2nc3ccncc3cc2c1N. The number of nitrogen functional groups attached to an aromatic ring is 1. The lowest BCUT2D eigenvalue weighted by molar-refractivity contribution is 0.0533.